The molecule has 1 heterocycles. The molecule has 156 valence electrons. The molecule has 29 heavy (non-hydrogen) atoms. The maximum Gasteiger partial charge on any atom is 0.262 e. The molecule has 1 N–H and O–H groups in total. The zero-order valence-corrected chi connectivity index (χ0v) is 18.3. The van der Waals surface area contributed by atoms with E-state index in [-0.39, 0.29) is 18.3 Å². The molecule has 1 amide bonds. The monoisotopic (exact) mass is 456 g/mol. The van der Waals surface area contributed by atoms with Crippen LogP contribution in [0.5, 0.6) is 5.75 Å². The van der Waals surface area contributed by atoms with Crippen molar-refractivity contribution in [1.29, 1.82) is 0 Å². The molecule has 0 aliphatic carbocycles. The third-order valence-electron chi connectivity index (χ3n) is 4.58. The highest BCUT2D eigenvalue weighted by molar-refractivity contribution is 7.89. The second kappa shape index (κ2) is 9.34. The van der Waals surface area contributed by atoms with Crippen LogP contribution < -0.4 is 10.1 Å². The normalized spacial score (nSPS) is 14.3. The predicted molar refractivity (Wildman–Crippen MR) is 115 cm³/mol. The Labute approximate surface area is 180 Å². The van der Waals surface area contributed by atoms with E-state index in [2.05, 4.69) is 5.32 Å². The van der Waals surface area contributed by atoms with Crippen molar-refractivity contribution < 1.29 is 17.9 Å². The zero-order valence-electron chi connectivity index (χ0n) is 16.0. The van der Waals surface area contributed by atoms with E-state index < -0.39 is 10.0 Å². The summed E-state index contributed by atoms with van der Waals surface area (Å²) in [5, 5.41) is 3.58. The van der Waals surface area contributed by atoms with Gasteiger partial charge in [-0.2, -0.15) is 4.31 Å². The number of carbonyl (C=O) groups is 1. The molecule has 1 aliphatic heterocycles. The van der Waals surface area contributed by atoms with Crippen LogP contribution in [0.15, 0.2) is 36.4 Å². The third-order valence-corrected chi connectivity index (χ3v) is 7.13. The number of carbonyl (C=O) groups excluding carboxylic acids is 1. The average molecular weight is 457 g/mol. The van der Waals surface area contributed by atoms with Crippen LogP contribution >= 0.6 is 23.2 Å². The molecule has 0 saturated carbocycles. The molecule has 3 rings (SSSR count). The number of halogens is 2. The first-order chi connectivity index (χ1) is 13.8. The second-order valence-electron chi connectivity index (χ2n) is 6.79. The quantitative estimate of drug-likeness (QED) is 0.679. The summed E-state index contributed by atoms with van der Waals surface area (Å²) in [7, 11) is -3.25. The van der Waals surface area contributed by atoms with Gasteiger partial charge in [0.05, 0.1) is 10.8 Å². The highest BCUT2D eigenvalue weighted by atomic mass is 35.5. The van der Waals surface area contributed by atoms with Crippen molar-refractivity contribution in [3.05, 3.63) is 57.6 Å². The SMILES string of the molecule is CCCS(=O)(=O)N1CCc2ccc(NC(=O)COc3ccc(Cl)cc3Cl)cc2C1. The van der Waals surface area contributed by atoms with Crippen LogP contribution in [0.2, 0.25) is 10.0 Å². The highest BCUT2D eigenvalue weighted by Gasteiger charge is 2.26. The molecular formula is C20H22Cl2N2O4S. The number of sulfonamides is 1. The van der Waals surface area contributed by atoms with E-state index in [1.807, 2.05) is 25.1 Å². The van der Waals surface area contributed by atoms with Crippen LogP contribution in [0.25, 0.3) is 0 Å². The highest BCUT2D eigenvalue weighted by Crippen LogP contribution is 2.28. The Morgan fingerprint density at radius 1 is 1.17 bits per heavy atom. The van der Waals surface area contributed by atoms with E-state index in [4.69, 9.17) is 27.9 Å². The van der Waals surface area contributed by atoms with Gasteiger partial charge < -0.3 is 10.1 Å². The van der Waals surface area contributed by atoms with E-state index in [1.165, 1.54) is 10.4 Å². The van der Waals surface area contributed by atoms with Crippen molar-refractivity contribution in [1.82, 2.24) is 4.31 Å². The minimum Gasteiger partial charge on any atom is -0.482 e. The first kappa shape index (κ1) is 21.9. The summed E-state index contributed by atoms with van der Waals surface area (Å²) in [5.41, 5.74) is 2.58. The van der Waals surface area contributed by atoms with Gasteiger partial charge >= 0.3 is 0 Å². The van der Waals surface area contributed by atoms with Gasteiger partial charge in [-0.05, 0) is 54.3 Å². The topological polar surface area (TPSA) is 75.7 Å². The maximum atomic E-state index is 12.3. The second-order valence-corrected chi connectivity index (χ2v) is 9.73. The van der Waals surface area contributed by atoms with Crippen molar-refractivity contribution in [3.63, 3.8) is 0 Å². The van der Waals surface area contributed by atoms with Crippen LogP contribution in [0.3, 0.4) is 0 Å². The molecule has 0 radical (unpaired) electrons. The largest absolute Gasteiger partial charge is 0.482 e. The number of hydrogen-bond donors (Lipinski definition) is 1. The molecule has 9 heteroatoms. The number of hydrogen-bond acceptors (Lipinski definition) is 4. The van der Waals surface area contributed by atoms with Gasteiger partial charge in [-0.25, -0.2) is 8.42 Å². The van der Waals surface area contributed by atoms with Gasteiger partial charge in [-0.15, -0.1) is 0 Å². The van der Waals surface area contributed by atoms with Crippen LogP contribution in [0.4, 0.5) is 5.69 Å². The van der Waals surface area contributed by atoms with E-state index in [9.17, 15) is 13.2 Å². The molecular weight excluding hydrogens is 435 g/mol. The fourth-order valence-corrected chi connectivity index (χ4v) is 5.11. The van der Waals surface area contributed by atoms with Crippen LogP contribution in [0.1, 0.15) is 24.5 Å². The van der Waals surface area contributed by atoms with Crippen LogP contribution in [-0.4, -0.2) is 37.5 Å². The van der Waals surface area contributed by atoms with Gasteiger partial charge in [0.1, 0.15) is 5.75 Å². The predicted octanol–water partition coefficient (Wildman–Crippen LogP) is 4.11. The molecule has 0 bridgehead atoms. The van der Waals surface area contributed by atoms with Crippen molar-refractivity contribution in [2.75, 3.05) is 24.2 Å². The molecule has 6 nitrogen and oxygen atoms in total. The van der Waals surface area contributed by atoms with Crippen LogP contribution in [-0.2, 0) is 27.8 Å². The number of anilines is 1. The van der Waals surface area contributed by atoms with E-state index >= 15 is 0 Å². The molecule has 0 saturated heterocycles. The first-order valence-electron chi connectivity index (χ1n) is 9.26. The summed E-state index contributed by atoms with van der Waals surface area (Å²) in [6.45, 7) is 2.44. The Morgan fingerprint density at radius 3 is 2.69 bits per heavy atom. The Kier molecular flexibility index (Phi) is 7.05. The Morgan fingerprint density at radius 2 is 1.97 bits per heavy atom. The lowest BCUT2D eigenvalue weighted by atomic mass is 10.0. The van der Waals surface area contributed by atoms with E-state index in [0.717, 1.165) is 11.1 Å². The molecule has 2 aromatic carbocycles. The smallest absolute Gasteiger partial charge is 0.262 e. The lowest BCUT2D eigenvalue weighted by Gasteiger charge is -2.28. The molecule has 0 fully saturated rings. The molecule has 0 spiro atoms. The Balaban J connectivity index is 1.63. The summed E-state index contributed by atoms with van der Waals surface area (Å²) in [6.07, 6.45) is 1.24. The summed E-state index contributed by atoms with van der Waals surface area (Å²) < 4.78 is 31.6. The number of rotatable bonds is 7. The molecule has 0 unspecified atom stereocenters. The molecule has 1 aliphatic rings. The maximum absolute atomic E-state index is 12.3. The Hall–Kier alpha value is -1.80. The minimum atomic E-state index is -3.25. The number of benzene rings is 2. The van der Waals surface area contributed by atoms with E-state index in [0.29, 0.717) is 47.4 Å². The fraction of sp³-hybridized carbons (Fsp3) is 0.350. The van der Waals surface area contributed by atoms with Crippen LogP contribution in [0, 0.1) is 0 Å². The van der Waals surface area contributed by atoms with Gasteiger partial charge in [0, 0.05) is 23.8 Å². The first-order valence-corrected chi connectivity index (χ1v) is 11.6. The number of fused-ring (bicyclic) bond motifs is 1. The number of nitrogens with one attached hydrogen (secondary N) is 1. The van der Waals surface area contributed by atoms with Gasteiger partial charge in [0.25, 0.3) is 5.91 Å². The molecule has 0 aromatic heterocycles. The minimum absolute atomic E-state index is 0.142. The van der Waals surface area contributed by atoms with Gasteiger partial charge in [0.15, 0.2) is 6.61 Å². The van der Waals surface area contributed by atoms with Crippen molar-refractivity contribution in [2.24, 2.45) is 0 Å². The van der Waals surface area contributed by atoms with Gasteiger partial charge in [0.2, 0.25) is 10.0 Å². The number of nitrogens with zero attached hydrogens (tertiary/aromatic N) is 1. The molecule has 2 aromatic rings. The van der Waals surface area contributed by atoms with Crippen molar-refractivity contribution in [3.8, 4) is 5.75 Å². The van der Waals surface area contributed by atoms with Crippen molar-refractivity contribution >= 4 is 44.8 Å². The molecule has 0 atom stereocenters. The summed E-state index contributed by atoms with van der Waals surface area (Å²) in [5.74, 6) is 0.166. The average Bonchev–Trinajstić information content (AvgIpc) is 2.66. The summed E-state index contributed by atoms with van der Waals surface area (Å²) in [4.78, 5) is 12.2. The number of ether oxygens (including phenoxy) is 1. The van der Waals surface area contributed by atoms with Gasteiger partial charge in [-0.3, -0.25) is 4.79 Å². The number of amides is 1. The zero-order chi connectivity index (χ0) is 21.0. The fourth-order valence-electron chi connectivity index (χ4n) is 3.17. The third kappa shape index (κ3) is 5.63. The summed E-state index contributed by atoms with van der Waals surface area (Å²) in [6, 6.07) is 10.3. The van der Waals surface area contributed by atoms with Gasteiger partial charge in [-0.1, -0.05) is 36.2 Å². The standard InChI is InChI=1S/C20H22Cl2N2O4S/c1-2-9-29(26,27)24-8-7-14-3-5-17(10-15(14)12-24)23-20(25)13-28-19-6-4-16(21)11-18(19)22/h3-6,10-11H,2,7-9,12-13H2,1H3,(H,23,25). The Bertz CT molecular complexity index is 1010. The van der Waals surface area contributed by atoms with E-state index in [1.54, 1.807) is 12.1 Å². The lowest BCUT2D eigenvalue weighted by molar-refractivity contribution is -0.118. The lowest BCUT2D eigenvalue weighted by Crippen LogP contribution is -2.37. The summed E-state index contributed by atoms with van der Waals surface area (Å²) >= 11 is 11.9. The van der Waals surface area contributed by atoms with Crippen molar-refractivity contribution in [2.45, 2.75) is 26.3 Å².